The Labute approximate surface area is 174 Å². The van der Waals surface area contributed by atoms with E-state index in [-0.39, 0.29) is 24.8 Å². The van der Waals surface area contributed by atoms with Crippen LogP contribution >= 0.6 is 0 Å². The van der Waals surface area contributed by atoms with Crippen LogP contribution in [0.5, 0.6) is 0 Å². The molecule has 0 N–H and O–H groups in total. The average molecular weight is 440 g/mol. The first-order valence-electron chi connectivity index (χ1n) is 8.35. The summed E-state index contributed by atoms with van der Waals surface area (Å²) in [5, 5.41) is 0. The van der Waals surface area contributed by atoms with Gasteiger partial charge < -0.3 is 24.8 Å². The number of hydrogen-bond acceptors (Lipinski definition) is 0. The van der Waals surface area contributed by atoms with Crippen LogP contribution in [0.4, 0.5) is 0 Å². The van der Waals surface area contributed by atoms with E-state index < -0.39 is 0 Å². The minimum atomic E-state index is 0. The van der Waals surface area contributed by atoms with Gasteiger partial charge in [-0.2, -0.15) is 0 Å². The minimum absolute atomic E-state index is 0. The van der Waals surface area contributed by atoms with Gasteiger partial charge in [-0.15, -0.1) is 0 Å². The fourth-order valence-electron chi connectivity index (χ4n) is 3.35. The molecule has 2 aromatic carbocycles. The Morgan fingerprint density at radius 3 is 2.21 bits per heavy atom. The summed E-state index contributed by atoms with van der Waals surface area (Å²) in [6.45, 7) is 11.5. The molecule has 0 bridgehead atoms. The quantitative estimate of drug-likeness (QED) is 0.486. The molecule has 3 heteroatoms. The molecule has 0 saturated heterocycles. The molecule has 127 valence electrons. The van der Waals surface area contributed by atoms with Crippen LogP contribution in [0.25, 0.3) is 11.1 Å². The van der Waals surface area contributed by atoms with Crippen molar-refractivity contribution in [1.82, 2.24) is 0 Å². The van der Waals surface area contributed by atoms with Crippen LogP contribution in [0, 0.1) is 25.7 Å². The topological polar surface area (TPSA) is 0 Å². The maximum atomic E-state index is 2.40. The van der Waals surface area contributed by atoms with E-state index in [4.69, 9.17) is 0 Å². The molecule has 2 aromatic rings. The summed E-state index contributed by atoms with van der Waals surface area (Å²) in [4.78, 5) is 0. The molecule has 1 aliphatic carbocycles. The second-order valence-electron chi connectivity index (χ2n) is 7.32. The summed E-state index contributed by atoms with van der Waals surface area (Å²) in [5.41, 5.74) is 10.5. The van der Waals surface area contributed by atoms with Gasteiger partial charge in [0.05, 0.1) is 0 Å². The van der Waals surface area contributed by atoms with Crippen molar-refractivity contribution >= 4 is 3.27 Å². The predicted molar refractivity (Wildman–Crippen MR) is 91.5 cm³/mol. The summed E-state index contributed by atoms with van der Waals surface area (Å²) in [7, 11) is 0. The fourth-order valence-corrected chi connectivity index (χ4v) is 4.35. The summed E-state index contributed by atoms with van der Waals surface area (Å²) in [6, 6.07) is 9.57. The smallest absolute Gasteiger partial charge is 1.00 e. The molecular weight excluding hydrogens is 414 g/mol. The van der Waals surface area contributed by atoms with Crippen molar-refractivity contribution in [2.45, 2.75) is 47.5 Å². The Morgan fingerprint density at radius 2 is 1.58 bits per heavy atom. The van der Waals surface area contributed by atoms with E-state index in [9.17, 15) is 0 Å². The molecule has 0 aliphatic heterocycles. The molecule has 0 radical (unpaired) electrons. The molecule has 24 heavy (non-hydrogen) atoms. The predicted octanol–water partition coefficient (Wildman–Crippen LogP) is -1.11. The number of rotatable bonds is 3. The number of aryl methyl sites for hydroxylation is 2. The van der Waals surface area contributed by atoms with Crippen LogP contribution in [0.2, 0.25) is 0 Å². The Hall–Kier alpha value is -0.0969. The Kier molecular flexibility index (Phi) is 7.79. The largest absolute Gasteiger partial charge is 1.00 e. The van der Waals surface area contributed by atoms with Crippen molar-refractivity contribution in [3.05, 3.63) is 52.1 Å². The Bertz CT molecular complexity index is 735. The van der Waals surface area contributed by atoms with Crippen LogP contribution in [0.3, 0.4) is 0 Å². The SMILES string of the molecule is Cc1cc2c(cc1C)-c1ccc(CC(C)C(C)C)[c]([Zr+2])c1C2.[Cl-].[Cl-]. The van der Waals surface area contributed by atoms with E-state index in [0.29, 0.717) is 0 Å². The Balaban J connectivity index is 0.00000144. The molecule has 0 heterocycles. The fraction of sp³-hybridized carbons (Fsp3) is 0.429. The summed E-state index contributed by atoms with van der Waals surface area (Å²) < 4.78 is 1.61. The monoisotopic (exact) mass is 437 g/mol. The molecule has 1 atom stereocenters. The van der Waals surface area contributed by atoms with Crippen LogP contribution in [-0.2, 0) is 37.6 Å². The van der Waals surface area contributed by atoms with E-state index in [0.717, 1.165) is 18.3 Å². The third kappa shape index (κ3) is 4.00. The second-order valence-corrected chi connectivity index (χ2v) is 8.55. The maximum absolute atomic E-state index is 2.40. The van der Waals surface area contributed by atoms with Crippen LogP contribution in [0.1, 0.15) is 48.6 Å². The van der Waals surface area contributed by atoms with E-state index >= 15 is 0 Å². The first-order chi connectivity index (χ1) is 10.4. The zero-order valence-electron chi connectivity index (χ0n) is 15.1. The van der Waals surface area contributed by atoms with Gasteiger partial charge in [0.2, 0.25) is 0 Å². The van der Waals surface area contributed by atoms with Gasteiger partial charge in [0.25, 0.3) is 0 Å². The molecule has 0 fully saturated rings. The van der Waals surface area contributed by atoms with Crippen molar-refractivity contribution in [1.29, 1.82) is 0 Å². The molecule has 1 aliphatic rings. The zero-order valence-corrected chi connectivity index (χ0v) is 19.1. The van der Waals surface area contributed by atoms with Crippen LogP contribution in [0.15, 0.2) is 24.3 Å². The standard InChI is InChI=1S/C21H25.2ClH.Zr/c1-13(2)14(3)8-17-6-7-20-19(11-17)12-18-9-15(4)16(5)10-21(18)20;;;/h6-7,9-10,13-14H,8,12H2,1-5H3;2*1H;/q;;;+2/p-2. The normalized spacial score (nSPS) is 13.0. The van der Waals surface area contributed by atoms with Gasteiger partial charge in [0.15, 0.2) is 0 Å². The summed E-state index contributed by atoms with van der Waals surface area (Å²) in [6.07, 6.45) is 2.36. The number of fused-ring (bicyclic) bond motifs is 3. The summed E-state index contributed by atoms with van der Waals surface area (Å²) in [5.74, 6) is 1.51. The number of benzene rings is 2. The number of hydrogen-bond donors (Lipinski definition) is 0. The van der Waals surface area contributed by atoms with Crippen LogP contribution < -0.4 is 28.1 Å². The third-order valence-electron chi connectivity index (χ3n) is 5.46. The Morgan fingerprint density at radius 1 is 0.958 bits per heavy atom. The molecule has 3 rings (SSSR count). The van der Waals surface area contributed by atoms with Crippen molar-refractivity contribution in [2.24, 2.45) is 11.8 Å². The zero-order chi connectivity index (χ0) is 16.0. The van der Waals surface area contributed by atoms with E-state index in [1.165, 1.54) is 34.2 Å². The first kappa shape index (κ1) is 21.9. The van der Waals surface area contributed by atoms with Crippen molar-refractivity contribution in [3.63, 3.8) is 0 Å². The molecule has 0 saturated carbocycles. The maximum Gasteiger partial charge on any atom is -1.00 e. The molecule has 0 aromatic heterocycles. The van der Waals surface area contributed by atoms with Crippen molar-refractivity contribution < 1.29 is 49.5 Å². The number of halogens is 2. The van der Waals surface area contributed by atoms with Crippen molar-refractivity contribution in [3.8, 4) is 11.1 Å². The third-order valence-corrected chi connectivity index (χ3v) is 6.99. The van der Waals surface area contributed by atoms with Gasteiger partial charge in [0, 0.05) is 0 Å². The first-order valence-corrected chi connectivity index (χ1v) is 9.58. The van der Waals surface area contributed by atoms with E-state index in [1.54, 1.807) is 39.1 Å². The van der Waals surface area contributed by atoms with Crippen LogP contribution in [-0.4, -0.2) is 0 Å². The average Bonchev–Trinajstić information content (AvgIpc) is 2.81. The van der Waals surface area contributed by atoms with Crippen molar-refractivity contribution in [2.75, 3.05) is 0 Å². The van der Waals surface area contributed by atoms with Gasteiger partial charge in [-0.25, -0.2) is 0 Å². The molecule has 1 unspecified atom stereocenters. The van der Waals surface area contributed by atoms with Gasteiger partial charge in [-0.1, -0.05) is 0 Å². The van der Waals surface area contributed by atoms with Gasteiger partial charge in [-0.3, -0.25) is 0 Å². The van der Waals surface area contributed by atoms with E-state index in [1.807, 2.05) is 0 Å². The van der Waals surface area contributed by atoms with Gasteiger partial charge in [0.1, 0.15) is 0 Å². The molecule has 0 amide bonds. The molecule has 0 spiro atoms. The molecular formula is C21H25Cl2Zr. The molecule has 0 nitrogen and oxygen atoms in total. The summed E-state index contributed by atoms with van der Waals surface area (Å²) >= 11 is 1.57. The second kappa shape index (κ2) is 8.52. The van der Waals surface area contributed by atoms with Gasteiger partial charge >= 0.3 is 150 Å². The van der Waals surface area contributed by atoms with Gasteiger partial charge in [-0.05, 0) is 0 Å². The van der Waals surface area contributed by atoms with E-state index in [2.05, 4.69) is 58.9 Å². The minimum Gasteiger partial charge on any atom is -1.00 e.